The number of aromatic nitrogens is 4. The molecule has 2 aromatic heterocycles. The summed E-state index contributed by atoms with van der Waals surface area (Å²) in [6, 6.07) is 2.16. The van der Waals surface area contributed by atoms with Crippen LogP contribution in [0.1, 0.15) is 32.3 Å². The molecule has 0 spiro atoms. The molecule has 11 heteroatoms. The Morgan fingerprint density at radius 2 is 1.94 bits per heavy atom. The fourth-order valence-corrected chi connectivity index (χ4v) is 6.11. The van der Waals surface area contributed by atoms with Crippen LogP contribution >= 0.6 is 0 Å². The average molecular weight is 491 g/mol. The van der Waals surface area contributed by atoms with Gasteiger partial charge in [0.25, 0.3) is 11.6 Å². The Morgan fingerprint density at radius 3 is 2.53 bits per heavy atom. The number of rotatable bonds is 8. The third-order valence-corrected chi connectivity index (χ3v) is 8.56. The Kier molecular flexibility index (Phi) is 5.32. The summed E-state index contributed by atoms with van der Waals surface area (Å²) in [5, 5.41) is 4.16. The van der Waals surface area contributed by atoms with Gasteiger partial charge in [-0.2, -0.15) is 10.1 Å². The van der Waals surface area contributed by atoms with Gasteiger partial charge < -0.3 is 9.47 Å². The second-order valence-electron chi connectivity index (χ2n) is 10.3. The summed E-state index contributed by atoms with van der Waals surface area (Å²) in [7, 11) is -2.14. The number of halogens is 1. The number of fused-ring (bicyclic) bond motifs is 1. The molecule has 3 heterocycles. The van der Waals surface area contributed by atoms with Crippen LogP contribution < -0.4 is 10.3 Å². The first-order chi connectivity index (χ1) is 16.0. The first-order valence-corrected chi connectivity index (χ1v) is 12.8. The number of nitrogens with zero attached hydrogens (tertiary/aromatic N) is 4. The summed E-state index contributed by atoms with van der Waals surface area (Å²) in [4.78, 5) is 17.5. The molecule has 34 heavy (non-hydrogen) atoms. The van der Waals surface area contributed by atoms with Crippen LogP contribution in [0.5, 0.6) is 6.01 Å². The van der Waals surface area contributed by atoms with E-state index in [1.54, 1.807) is 24.1 Å². The quantitative estimate of drug-likeness (QED) is 0.477. The number of hydrogen-bond donors (Lipinski definition) is 0. The van der Waals surface area contributed by atoms with Crippen molar-refractivity contribution >= 4 is 20.7 Å². The number of benzene rings is 1. The predicted molar refractivity (Wildman–Crippen MR) is 122 cm³/mol. The number of ether oxygens (including phenoxy) is 2. The van der Waals surface area contributed by atoms with E-state index in [1.165, 1.54) is 4.57 Å². The largest absolute Gasteiger partial charge is 0.464 e. The van der Waals surface area contributed by atoms with Crippen LogP contribution in [0, 0.1) is 16.6 Å². The van der Waals surface area contributed by atoms with Crippen LogP contribution in [0.4, 0.5) is 4.39 Å². The van der Waals surface area contributed by atoms with E-state index in [9.17, 15) is 17.6 Å². The maximum Gasteiger partial charge on any atom is 0.300 e. The molecule has 0 amide bonds. The standard InChI is InChI=1S/C23H27FN4O5S/c1-22(4-5-22)14-34(30,31)19-6-16-18(7-17(19)24)26-21(33-13-23(2)11-32-12-23)28(20(16)29)10-15-8-25-27(3)9-15/h6-9H,4-5,10-14H2,1-3H3. The molecule has 1 saturated heterocycles. The molecule has 0 N–H and O–H groups in total. The Bertz CT molecular complexity index is 1440. The molecule has 182 valence electrons. The van der Waals surface area contributed by atoms with Crippen LogP contribution in [0.3, 0.4) is 0 Å². The molecule has 0 atom stereocenters. The van der Waals surface area contributed by atoms with E-state index in [2.05, 4.69) is 10.1 Å². The highest BCUT2D eigenvalue weighted by Crippen LogP contribution is 2.47. The van der Waals surface area contributed by atoms with E-state index in [1.807, 2.05) is 13.8 Å². The smallest absolute Gasteiger partial charge is 0.300 e. The maximum absolute atomic E-state index is 15.0. The summed E-state index contributed by atoms with van der Waals surface area (Å²) in [5.74, 6) is -1.07. The van der Waals surface area contributed by atoms with Gasteiger partial charge in [0.05, 0.1) is 42.6 Å². The third kappa shape index (κ3) is 4.34. The van der Waals surface area contributed by atoms with Crippen molar-refractivity contribution in [2.75, 3.05) is 25.6 Å². The Balaban J connectivity index is 1.60. The van der Waals surface area contributed by atoms with E-state index in [-0.39, 0.29) is 46.6 Å². The highest BCUT2D eigenvalue weighted by atomic mass is 32.2. The Morgan fingerprint density at radius 1 is 1.21 bits per heavy atom. The first-order valence-electron chi connectivity index (χ1n) is 11.1. The third-order valence-electron chi connectivity index (χ3n) is 6.50. The molecule has 3 aromatic rings. The minimum Gasteiger partial charge on any atom is -0.464 e. The van der Waals surface area contributed by atoms with Gasteiger partial charge in [-0.25, -0.2) is 12.8 Å². The van der Waals surface area contributed by atoms with Gasteiger partial charge >= 0.3 is 0 Å². The normalized spacial score (nSPS) is 18.6. The number of hydrogen-bond acceptors (Lipinski definition) is 7. The lowest BCUT2D eigenvalue weighted by molar-refractivity contribution is -0.121. The summed E-state index contributed by atoms with van der Waals surface area (Å²) in [5.41, 5.74) is -0.253. The second-order valence-corrected chi connectivity index (χ2v) is 12.2. The lowest BCUT2D eigenvalue weighted by atomic mass is 9.90. The van der Waals surface area contributed by atoms with E-state index in [0.29, 0.717) is 13.2 Å². The minimum absolute atomic E-state index is 0.0235. The Labute approximate surface area is 196 Å². The maximum atomic E-state index is 15.0. The SMILES string of the molecule is Cn1cc(Cn2c(OCC3(C)COC3)nc3cc(F)c(S(=O)(=O)CC4(C)CC4)cc3c2=O)cn1. The van der Waals surface area contributed by atoms with Gasteiger partial charge in [0.1, 0.15) is 17.3 Å². The molecule has 2 fully saturated rings. The molecular weight excluding hydrogens is 463 g/mol. The van der Waals surface area contributed by atoms with Crippen LogP contribution in [0.25, 0.3) is 10.9 Å². The molecule has 2 aliphatic rings. The molecule has 0 radical (unpaired) electrons. The van der Waals surface area contributed by atoms with Crippen LogP contribution in [-0.4, -0.2) is 53.3 Å². The first kappa shape index (κ1) is 23.0. The fraction of sp³-hybridized carbons (Fsp3) is 0.522. The zero-order valence-corrected chi connectivity index (χ0v) is 20.2. The van der Waals surface area contributed by atoms with Crippen LogP contribution in [0.2, 0.25) is 0 Å². The summed E-state index contributed by atoms with van der Waals surface area (Å²) in [6.45, 7) is 5.31. The van der Waals surface area contributed by atoms with Gasteiger partial charge in [-0.15, -0.1) is 0 Å². The topological polar surface area (TPSA) is 105 Å². The van der Waals surface area contributed by atoms with Crippen molar-refractivity contribution < 1.29 is 22.3 Å². The lowest BCUT2D eigenvalue weighted by Crippen LogP contribution is -2.45. The second kappa shape index (κ2) is 7.88. The van der Waals surface area contributed by atoms with Crippen LogP contribution in [-0.2, 0) is 28.2 Å². The average Bonchev–Trinajstić information content (AvgIpc) is 3.30. The van der Waals surface area contributed by atoms with Crippen molar-refractivity contribution in [1.29, 1.82) is 0 Å². The molecule has 9 nitrogen and oxygen atoms in total. The summed E-state index contributed by atoms with van der Waals surface area (Å²) in [6.07, 6.45) is 4.95. The predicted octanol–water partition coefficient (Wildman–Crippen LogP) is 2.31. The van der Waals surface area contributed by atoms with E-state index >= 15 is 0 Å². The van der Waals surface area contributed by atoms with Crippen molar-refractivity contribution in [3.63, 3.8) is 0 Å². The molecule has 0 bridgehead atoms. The lowest BCUT2D eigenvalue weighted by Gasteiger charge is -2.37. The van der Waals surface area contributed by atoms with Crippen molar-refractivity contribution in [2.24, 2.45) is 17.9 Å². The molecule has 1 saturated carbocycles. The summed E-state index contributed by atoms with van der Waals surface area (Å²) < 4.78 is 55.0. The van der Waals surface area contributed by atoms with Crippen LogP contribution in [0.15, 0.2) is 34.2 Å². The van der Waals surface area contributed by atoms with Crippen molar-refractivity contribution in [3.8, 4) is 6.01 Å². The molecule has 1 aliphatic heterocycles. The zero-order chi connectivity index (χ0) is 24.3. The van der Waals surface area contributed by atoms with Gasteiger partial charge in [0.15, 0.2) is 9.84 Å². The van der Waals surface area contributed by atoms with Gasteiger partial charge in [-0.05, 0) is 24.3 Å². The van der Waals surface area contributed by atoms with Gasteiger partial charge in [0, 0.05) is 30.3 Å². The molecule has 1 aliphatic carbocycles. The van der Waals surface area contributed by atoms with Gasteiger partial charge in [-0.1, -0.05) is 13.8 Å². The van der Waals surface area contributed by atoms with Gasteiger partial charge in [0.2, 0.25) is 0 Å². The summed E-state index contributed by atoms with van der Waals surface area (Å²) >= 11 is 0. The molecule has 1 aromatic carbocycles. The highest BCUT2D eigenvalue weighted by molar-refractivity contribution is 7.91. The monoisotopic (exact) mass is 490 g/mol. The van der Waals surface area contributed by atoms with E-state index < -0.39 is 26.1 Å². The van der Waals surface area contributed by atoms with Crippen molar-refractivity contribution in [1.82, 2.24) is 19.3 Å². The Hall–Kier alpha value is -2.79. The van der Waals surface area contributed by atoms with Crippen molar-refractivity contribution in [3.05, 3.63) is 46.3 Å². The molecule has 0 unspecified atom stereocenters. The number of aryl methyl sites for hydroxylation is 1. The molecular formula is C23H27FN4O5S. The van der Waals surface area contributed by atoms with E-state index in [0.717, 1.165) is 30.5 Å². The highest BCUT2D eigenvalue weighted by Gasteiger charge is 2.42. The van der Waals surface area contributed by atoms with Crippen molar-refractivity contribution in [2.45, 2.75) is 38.1 Å². The minimum atomic E-state index is -3.91. The number of sulfone groups is 1. The zero-order valence-electron chi connectivity index (χ0n) is 19.4. The fourth-order valence-electron chi connectivity index (χ4n) is 4.09. The van der Waals surface area contributed by atoms with Gasteiger partial charge in [-0.3, -0.25) is 14.0 Å². The van der Waals surface area contributed by atoms with E-state index in [4.69, 9.17) is 9.47 Å². The molecule has 5 rings (SSSR count).